The van der Waals surface area contributed by atoms with E-state index in [2.05, 4.69) is 22.4 Å². The van der Waals surface area contributed by atoms with Gasteiger partial charge < -0.3 is 4.57 Å². The summed E-state index contributed by atoms with van der Waals surface area (Å²) in [6.07, 6.45) is 3.46. The van der Waals surface area contributed by atoms with Gasteiger partial charge in [0.15, 0.2) is 0 Å². The van der Waals surface area contributed by atoms with E-state index < -0.39 is 0 Å². The molecule has 5 heteroatoms. The fraction of sp³-hybridized carbons (Fsp3) is 0.211. The van der Waals surface area contributed by atoms with E-state index in [1.807, 2.05) is 59.2 Å². The zero-order chi connectivity index (χ0) is 16.8. The molecule has 0 saturated carbocycles. The van der Waals surface area contributed by atoms with E-state index in [0.29, 0.717) is 0 Å². The lowest BCUT2D eigenvalue weighted by Crippen LogP contribution is -2.24. The predicted molar refractivity (Wildman–Crippen MR) is 95.8 cm³/mol. The molecule has 0 aliphatic heterocycles. The van der Waals surface area contributed by atoms with Crippen molar-refractivity contribution in [3.05, 3.63) is 66.5 Å². The molecular weight excluding hydrogens is 300 g/mol. The molecule has 0 radical (unpaired) electrons. The highest BCUT2D eigenvalue weighted by atomic mass is 16.2. The van der Waals surface area contributed by atoms with E-state index in [-0.39, 0.29) is 12.5 Å². The number of benzene rings is 2. The number of imidazole rings is 1. The van der Waals surface area contributed by atoms with Crippen molar-refractivity contribution in [1.82, 2.24) is 15.0 Å². The van der Waals surface area contributed by atoms with Crippen LogP contribution < -0.4 is 5.43 Å². The minimum atomic E-state index is -0.164. The molecule has 0 bridgehead atoms. The monoisotopic (exact) mass is 320 g/mol. The smallest absolute Gasteiger partial charge is 0.260 e. The van der Waals surface area contributed by atoms with E-state index in [4.69, 9.17) is 0 Å². The molecule has 3 aromatic rings. The molecule has 1 heterocycles. The first-order valence-corrected chi connectivity index (χ1v) is 8.08. The fourth-order valence-corrected chi connectivity index (χ4v) is 2.59. The van der Waals surface area contributed by atoms with Crippen LogP contribution in [0.3, 0.4) is 0 Å². The van der Waals surface area contributed by atoms with Gasteiger partial charge in [0.05, 0.1) is 23.1 Å². The normalized spacial score (nSPS) is 11.6. The molecule has 5 nitrogen and oxygen atoms in total. The number of nitrogens with one attached hydrogen (secondary N) is 1. The quantitative estimate of drug-likeness (QED) is 0.559. The highest BCUT2D eigenvalue weighted by molar-refractivity contribution is 6.01. The van der Waals surface area contributed by atoms with Gasteiger partial charge in [-0.25, -0.2) is 10.4 Å². The van der Waals surface area contributed by atoms with Crippen LogP contribution in [0.1, 0.15) is 25.3 Å². The maximum atomic E-state index is 12.2. The number of hydrogen-bond donors (Lipinski definition) is 1. The van der Waals surface area contributed by atoms with Crippen molar-refractivity contribution < 1.29 is 4.79 Å². The standard InChI is InChI=1S/C19H20N4O/c1-2-8-16(15-9-4-3-5-10-15)21-22-19(24)13-23-14-20-17-11-6-7-12-18(17)23/h3-7,9-12,14H,2,8,13H2,1H3,(H,22,24)/b21-16+. The third kappa shape index (κ3) is 3.68. The number of fused-ring (bicyclic) bond motifs is 1. The first-order chi connectivity index (χ1) is 11.8. The molecule has 0 aliphatic rings. The molecule has 0 atom stereocenters. The Morgan fingerprint density at radius 3 is 2.67 bits per heavy atom. The molecule has 2 aromatic carbocycles. The Morgan fingerprint density at radius 2 is 1.88 bits per heavy atom. The van der Waals surface area contributed by atoms with E-state index in [9.17, 15) is 4.79 Å². The van der Waals surface area contributed by atoms with Crippen LogP contribution in [-0.2, 0) is 11.3 Å². The SMILES string of the molecule is CCC/C(=N\NC(=O)Cn1cnc2ccccc21)c1ccccc1. The lowest BCUT2D eigenvalue weighted by Gasteiger charge is -2.07. The molecule has 0 saturated heterocycles. The summed E-state index contributed by atoms with van der Waals surface area (Å²) in [6, 6.07) is 17.7. The average molecular weight is 320 g/mol. The maximum Gasteiger partial charge on any atom is 0.260 e. The number of rotatable bonds is 6. The van der Waals surface area contributed by atoms with Gasteiger partial charge in [-0.05, 0) is 24.1 Å². The molecule has 24 heavy (non-hydrogen) atoms. The molecule has 1 aromatic heterocycles. The summed E-state index contributed by atoms with van der Waals surface area (Å²) in [5.74, 6) is -0.164. The second-order valence-electron chi connectivity index (χ2n) is 5.57. The second kappa shape index (κ2) is 7.55. The number of para-hydroxylation sites is 2. The number of hydrogen-bond acceptors (Lipinski definition) is 3. The van der Waals surface area contributed by atoms with Crippen LogP contribution in [0, 0.1) is 0 Å². The van der Waals surface area contributed by atoms with E-state index >= 15 is 0 Å². The van der Waals surface area contributed by atoms with Crippen LogP contribution in [-0.4, -0.2) is 21.2 Å². The number of hydrazone groups is 1. The van der Waals surface area contributed by atoms with Gasteiger partial charge in [-0.2, -0.15) is 5.10 Å². The highest BCUT2D eigenvalue weighted by Gasteiger charge is 2.07. The van der Waals surface area contributed by atoms with Crippen molar-refractivity contribution in [3.63, 3.8) is 0 Å². The van der Waals surface area contributed by atoms with Crippen LogP contribution in [0.4, 0.5) is 0 Å². The third-order valence-corrected chi connectivity index (χ3v) is 3.75. The largest absolute Gasteiger partial charge is 0.321 e. The Bertz CT molecular complexity index is 852. The fourth-order valence-electron chi connectivity index (χ4n) is 2.59. The minimum absolute atomic E-state index is 0.164. The van der Waals surface area contributed by atoms with Crippen LogP contribution in [0.2, 0.25) is 0 Å². The zero-order valence-electron chi connectivity index (χ0n) is 13.6. The summed E-state index contributed by atoms with van der Waals surface area (Å²) in [5, 5.41) is 4.33. The van der Waals surface area contributed by atoms with Crippen LogP contribution in [0.5, 0.6) is 0 Å². The number of nitrogens with zero attached hydrogens (tertiary/aromatic N) is 3. The summed E-state index contributed by atoms with van der Waals surface area (Å²) in [6.45, 7) is 2.29. The summed E-state index contributed by atoms with van der Waals surface area (Å²) < 4.78 is 1.82. The highest BCUT2D eigenvalue weighted by Crippen LogP contribution is 2.11. The number of amides is 1. The van der Waals surface area contributed by atoms with Crippen molar-refractivity contribution in [1.29, 1.82) is 0 Å². The molecular formula is C19H20N4O. The zero-order valence-corrected chi connectivity index (χ0v) is 13.6. The first-order valence-electron chi connectivity index (χ1n) is 8.08. The van der Waals surface area contributed by atoms with Crippen molar-refractivity contribution in [2.45, 2.75) is 26.3 Å². The van der Waals surface area contributed by atoms with Crippen molar-refractivity contribution in [2.75, 3.05) is 0 Å². The average Bonchev–Trinajstić information content (AvgIpc) is 3.02. The predicted octanol–water partition coefficient (Wildman–Crippen LogP) is 3.36. The summed E-state index contributed by atoms with van der Waals surface area (Å²) >= 11 is 0. The molecule has 0 aliphatic carbocycles. The topological polar surface area (TPSA) is 59.3 Å². The van der Waals surface area contributed by atoms with Gasteiger partial charge in [-0.3, -0.25) is 4.79 Å². The van der Waals surface area contributed by atoms with Crippen molar-refractivity contribution in [3.8, 4) is 0 Å². The van der Waals surface area contributed by atoms with E-state index in [1.165, 1.54) is 0 Å². The Labute approximate surface area is 141 Å². The molecule has 1 amide bonds. The molecule has 1 N–H and O–H groups in total. The van der Waals surface area contributed by atoms with Gasteiger partial charge in [-0.15, -0.1) is 0 Å². The molecule has 0 spiro atoms. The molecule has 122 valence electrons. The minimum Gasteiger partial charge on any atom is -0.321 e. The first kappa shape index (κ1) is 15.9. The van der Waals surface area contributed by atoms with E-state index in [0.717, 1.165) is 35.2 Å². The van der Waals surface area contributed by atoms with Gasteiger partial charge in [0.1, 0.15) is 6.54 Å². The lowest BCUT2D eigenvalue weighted by molar-refractivity contribution is -0.121. The second-order valence-corrected chi connectivity index (χ2v) is 5.57. The van der Waals surface area contributed by atoms with Gasteiger partial charge in [0.2, 0.25) is 0 Å². The Balaban J connectivity index is 1.71. The third-order valence-electron chi connectivity index (χ3n) is 3.75. The number of carbonyl (C=O) groups excluding carboxylic acids is 1. The van der Waals surface area contributed by atoms with Crippen molar-refractivity contribution >= 4 is 22.7 Å². The summed E-state index contributed by atoms with van der Waals surface area (Å²) in [5.41, 5.74) is 6.41. The van der Waals surface area contributed by atoms with Gasteiger partial charge in [-0.1, -0.05) is 55.8 Å². The van der Waals surface area contributed by atoms with Crippen LogP contribution >= 0.6 is 0 Å². The van der Waals surface area contributed by atoms with Crippen LogP contribution in [0.25, 0.3) is 11.0 Å². The van der Waals surface area contributed by atoms with Crippen molar-refractivity contribution in [2.24, 2.45) is 5.10 Å². The lowest BCUT2D eigenvalue weighted by atomic mass is 10.1. The van der Waals surface area contributed by atoms with Gasteiger partial charge in [0.25, 0.3) is 5.91 Å². The van der Waals surface area contributed by atoms with Gasteiger partial charge in [0, 0.05) is 0 Å². The Morgan fingerprint density at radius 1 is 1.12 bits per heavy atom. The maximum absolute atomic E-state index is 12.2. The Kier molecular flexibility index (Phi) is 5.01. The van der Waals surface area contributed by atoms with Crippen LogP contribution in [0.15, 0.2) is 66.0 Å². The molecule has 0 unspecified atom stereocenters. The summed E-state index contributed by atoms with van der Waals surface area (Å²) in [4.78, 5) is 16.5. The molecule has 0 fully saturated rings. The number of aromatic nitrogens is 2. The van der Waals surface area contributed by atoms with Gasteiger partial charge >= 0.3 is 0 Å². The molecule has 3 rings (SSSR count). The Hall–Kier alpha value is -2.95. The summed E-state index contributed by atoms with van der Waals surface area (Å²) in [7, 11) is 0. The van der Waals surface area contributed by atoms with E-state index in [1.54, 1.807) is 6.33 Å². The number of carbonyl (C=O) groups is 1.